The van der Waals surface area contributed by atoms with Crippen LogP contribution in [-0.4, -0.2) is 53.9 Å². The maximum absolute atomic E-state index is 12.5. The molecule has 0 heterocycles. The highest BCUT2D eigenvalue weighted by Crippen LogP contribution is 2.19. The molecule has 136 valence electrons. The molecule has 0 aliphatic rings. The third-order valence-electron chi connectivity index (χ3n) is 3.18. The number of carbonyl (C=O) groups excluding carboxylic acids is 1. The second-order valence-corrected chi connectivity index (χ2v) is 5.81. The molecule has 2 N–H and O–H groups in total. The number of anilines is 1. The van der Waals surface area contributed by atoms with Crippen LogP contribution in [0.25, 0.3) is 0 Å². The third kappa shape index (κ3) is 8.16. The number of aliphatic hydroxyl groups is 1. The van der Waals surface area contributed by atoms with Gasteiger partial charge in [0, 0.05) is 25.2 Å². The van der Waals surface area contributed by atoms with Crippen molar-refractivity contribution in [3.63, 3.8) is 0 Å². The average Bonchev–Trinajstić information content (AvgIpc) is 2.43. The summed E-state index contributed by atoms with van der Waals surface area (Å²) < 4.78 is 42.9. The van der Waals surface area contributed by atoms with E-state index in [9.17, 15) is 23.1 Å². The Hall–Kier alpha value is -1.80. The molecule has 24 heavy (non-hydrogen) atoms. The first-order valence-electron chi connectivity index (χ1n) is 7.56. The van der Waals surface area contributed by atoms with Crippen LogP contribution < -0.4 is 10.1 Å². The zero-order valence-electron chi connectivity index (χ0n) is 13.9. The number of carbonyl (C=O) groups is 1. The number of aliphatic hydroxyl groups excluding tert-OH is 1. The van der Waals surface area contributed by atoms with Gasteiger partial charge in [-0.3, -0.25) is 9.69 Å². The number of halogens is 3. The largest absolute Gasteiger partial charge is 0.491 e. The van der Waals surface area contributed by atoms with Gasteiger partial charge in [0.05, 0.1) is 6.54 Å². The molecule has 0 fully saturated rings. The van der Waals surface area contributed by atoms with Crippen LogP contribution in [0.5, 0.6) is 5.75 Å². The highest BCUT2D eigenvalue weighted by atomic mass is 19.4. The standard InChI is InChI=1S/C16H23F3N2O3/c1-11(2)21(10-16(17,18)19)8-14(23)9-24-15-6-4-13(5-7-15)20-12(3)22/h4-7,11,14,23H,8-10H2,1-3H3,(H,20,22). The van der Waals surface area contributed by atoms with E-state index in [2.05, 4.69) is 5.32 Å². The summed E-state index contributed by atoms with van der Waals surface area (Å²) in [4.78, 5) is 12.1. The molecule has 0 aliphatic carbocycles. The van der Waals surface area contributed by atoms with E-state index in [1.165, 1.54) is 6.92 Å². The highest BCUT2D eigenvalue weighted by Gasteiger charge is 2.32. The molecule has 1 amide bonds. The minimum absolute atomic E-state index is 0.124. The number of rotatable bonds is 8. The van der Waals surface area contributed by atoms with Crippen molar-refractivity contribution in [2.45, 2.75) is 39.1 Å². The van der Waals surface area contributed by atoms with Gasteiger partial charge in [0.15, 0.2) is 0 Å². The van der Waals surface area contributed by atoms with E-state index >= 15 is 0 Å². The van der Waals surface area contributed by atoms with E-state index in [0.717, 1.165) is 4.90 Å². The monoisotopic (exact) mass is 348 g/mol. The van der Waals surface area contributed by atoms with Crippen molar-refractivity contribution >= 4 is 11.6 Å². The first-order chi connectivity index (χ1) is 11.1. The lowest BCUT2D eigenvalue weighted by atomic mass is 10.2. The molecular formula is C16H23F3N2O3. The highest BCUT2D eigenvalue weighted by molar-refractivity contribution is 5.88. The summed E-state index contributed by atoms with van der Waals surface area (Å²) in [6, 6.07) is 6.13. The van der Waals surface area contributed by atoms with Crippen molar-refractivity contribution in [3.8, 4) is 5.75 Å². The fourth-order valence-electron chi connectivity index (χ4n) is 2.04. The number of ether oxygens (including phenoxy) is 1. The lowest BCUT2D eigenvalue weighted by molar-refractivity contribution is -0.152. The summed E-state index contributed by atoms with van der Waals surface area (Å²) >= 11 is 0. The number of amides is 1. The molecule has 5 nitrogen and oxygen atoms in total. The van der Waals surface area contributed by atoms with Crippen LogP contribution in [0.4, 0.5) is 18.9 Å². The summed E-state index contributed by atoms with van der Waals surface area (Å²) in [7, 11) is 0. The molecule has 1 aromatic rings. The van der Waals surface area contributed by atoms with Crippen molar-refractivity contribution in [2.24, 2.45) is 0 Å². The van der Waals surface area contributed by atoms with Gasteiger partial charge in [-0.15, -0.1) is 0 Å². The minimum Gasteiger partial charge on any atom is -0.491 e. The molecule has 0 bridgehead atoms. The Bertz CT molecular complexity index is 518. The summed E-state index contributed by atoms with van der Waals surface area (Å²) in [6.45, 7) is 3.33. The van der Waals surface area contributed by atoms with E-state index < -0.39 is 18.8 Å². The van der Waals surface area contributed by atoms with Gasteiger partial charge in [-0.1, -0.05) is 0 Å². The molecule has 1 aromatic carbocycles. The summed E-state index contributed by atoms with van der Waals surface area (Å²) in [6.07, 6.45) is -5.37. The van der Waals surface area contributed by atoms with Crippen LogP contribution in [0, 0.1) is 0 Å². The Labute approximate surface area is 139 Å². The molecule has 1 unspecified atom stereocenters. The topological polar surface area (TPSA) is 61.8 Å². The predicted octanol–water partition coefficient (Wildman–Crippen LogP) is 2.66. The van der Waals surface area contributed by atoms with Crippen molar-refractivity contribution < 1.29 is 27.8 Å². The number of hydrogen-bond acceptors (Lipinski definition) is 4. The number of alkyl halides is 3. The number of benzene rings is 1. The first-order valence-corrected chi connectivity index (χ1v) is 7.56. The molecule has 0 aliphatic heterocycles. The third-order valence-corrected chi connectivity index (χ3v) is 3.18. The predicted molar refractivity (Wildman–Crippen MR) is 85.0 cm³/mol. The van der Waals surface area contributed by atoms with Gasteiger partial charge in [0.1, 0.15) is 18.5 Å². The van der Waals surface area contributed by atoms with Gasteiger partial charge in [0.2, 0.25) is 5.91 Å². The van der Waals surface area contributed by atoms with Gasteiger partial charge in [0.25, 0.3) is 0 Å². The molecule has 0 spiro atoms. The molecule has 1 rings (SSSR count). The van der Waals surface area contributed by atoms with Gasteiger partial charge < -0.3 is 15.2 Å². The second-order valence-electron chi connectivity index (χ2n) is 5.81. The first kappa shape index (κ1) is 20.2. The van der Waals surface area contributed by atoms with Gasteiger partial charge in [-0.2, -0.15) is 13.2 Å². The molecule has 0 aromatic heterocycles. The molecule has 8 heteroatoms. The molecular weight excluding hydrogens is 325 g/mol. The van der Waals surface area contributed by atoms with Gasteiger partial charge >= 0.3 is 6.18 Å². The Kier molecular flexibility index (Phi) is 7.50. The van der Waals surface area contributed by atoms with Crippen LogP contribution in [0.15, 0.2) is 24.3 Å². The zero-order chi connectivity index (χ0) is 18.3. The van der Waals surface area contributed by atoms with Crippen LogP contribution in [0.3, 0.4) is 0 Å². The van der Waals surface area contributed by atoms with E-state index in [0.29, 0.717) is 11.4 Å². The van der Waals surface area contributed by atoms with E-state index in [-0.39, 0.29) is 25.1 Å². The van der Waals surface area contributed by atoms with Crippen LogP contribution in [-0.2, 0) is 4.79 Å². The fourth-order valence-corrected chi connectivity index (χ4v) is 2.04. The summed E-state index contributed by atoms with van der Waals surface area (Å²) in [5.74, 6) is 0.257. The quantitative estimate of drug-likeness (QED) is 0.758. The Balaban J connectivity index is 2.49. The maximum Gasteiger partial charge on any atom is 0.401 e. The van der Waals surface area contributed by atoms with E-state index in [1.807, 2.05) is 0 Å². The maximum atomic E-state index is 12.5. The van der Waals surface area contributed by atoms with Crippen molar-refractivity contribution in [2.75, 3.05) is 25.0 Å². The van der Waals surface area contributed by atoms with Gasteiger partial charge in [-0.25, -0.2) is 0 Å². The van der Waals surface area contributed by atoms with Crippen molar-refractivity contribution in [3.05, 3.63) is 24.3 Å². The smallest absolute Gasteiger partial charge is 0.401 e. The van der Waals surface area contributed by atoms with Crippen LogP contribution in [0.2, 0.25) is 0 Å². The number of hydrogen-bond donors (Lipinski definition) is 2. The van der Waals surface area contributed by atoms with Crippen LogP contribution >= 0.6 is 0 Å². The summed E-state index contributed by atoms with van der Waals surface area (Å²) in [5.41, 5.74) is 0.603. The average molecular weight is 348 g/mol. The van der Waals surface area contributed by atoms with E-state index in [1.54, 1.807) is 38.1 Å². The molecule has 0 saturated heterocycles. The summed E-state index contributed by atoms with van der Waals surface area (Å²) in [5, 5.41) is 12.5. The Morgan fingerprint density at radius 3 is 2.33 bits per heavy atom. The Morgan fingerprint density at radius 2 is 1.88 bits per heavy atom. The number of nitrogens with one attached hydrogen (secondary N) is 1. The van der Waals surface area contributed by atoms with Crippen molar-refractivity contribution in [1.29, 1.82) is 0 Å². The SMILES string of the molecule is CC(=O)Nc1ccc(OCC(O)CN(CC(F)(F)F)C(C)C)cc1. The Morgan fingerprint density at radius 1 is 1.29 bits per heavy atom. The lowest BCUT2D eigenvalue weighted by Gasteiger charge is -2.29. The fraction of sp³-hybridized carbons (Fsp3) is 0.562. The molecule has 0 saturated carbocycles. The molecule has 1 atom stereocenters. The minimum atomic E-state index is -4.32. The van der Waals surface area contributed by atoms with E-state index in [4.69, 9.17) is 4.74 Å². The zero-order valence-corrected chi connectivity index (χ0v) is 13.9. The van der Waals surface area contributed by atoms with Gasteiger partial charge in [-0.05, 0) is 38.1 Å². The lowest BCUT2D eigenvalue weighted by Crippen LogP contribution is -2.44. The number of nitrogens with zero attached hydrogens (tertiary/aromatic N) is 1. The molecule has 0 radical (unpaired) electrons. The second kappa shape index (κ2) is 8.89. The van der Waals surface area contributed by atoms with Crippen molar-refractivity contribution in [1.82, 2.24) is 4.90 Å². The van der Waals surface area contributed by atoms with Crippen LogP contribution in [0.1, 0.15) is 20.8 Å². The normalized spacial score (nSPS) is 13.2.